The molecule has 2 rings (SSSR count). The second kappa shape index (κ2) is 6.46. The van der Waals surface area contributed by atoms with Crippen LogP contribution >= 0.6 is 11.8 Å². The van der Waals surface area contributed by atoms with E-state index >= 15 is 0 Å². The molecule has 0 amide bonds. The molecule has 1 saturated carbocycles. The van der Waals surface area contributed by atoms with Crippen LogP contribution in [-0.4, -0.2) is 5.25 Å². The van der Waals surface area contributed by atoms with Gasteiger partial charge in [-0.15, -0.1) is 11.8 Å². The van der Waals surface area contributed by atoms with Gasteiger partial charge < -0.3 is 5.73 Å². The third kappa shape index (κ3) is 3.75. The van der Waals surface area contributed by atoms with Crippen LogP contribution in [-0.2, 0) is 0 Å². The van der Waals surface area contributed by atoms with Gasteiger partial charge in [-0.2, -0.15) is 0 Å². The van der Waals surface area contributed by atoms with Crippen molar-refractivity contribution in [1.29, 1.82) is 0 Å². The standard InChI is InChI=1S/C15H23NS/c1-2-15(16)12-8-10-14(11-9-12)17-13-6-4-3-5-7-13/h8-11,13,15H,2-7,16H2,1H3/t15-/m1/s1. The average Bonchev–Trinajstić information content (AvgIpc) is 2.40. The first-order valence-corrected chi connectivity index (χ1v) is 7.69. The molecule has 1 fully saturated rings. The SMILES string of the molecule is CC[C@@H](N)c1ccc(SC2CCCCC2)cc1. The Bertz CT molecular complexity index is 327. The molecule has 1 aliphatic carbocycles. The first-order valence-electron chi connectivity index (χ1n) is 6.82. The fraction of sp³-hybridized carbons (Fsp3) is 0.600. The number of rotatable bonds is 4. The van der Waals surface area contributed by atoms with Crippen molar-refractivity contribution in [1.82, 2.24) is 0 Å². The monoisotopic (exact) mass is 249 g/mol. The van der Waals surface area contributed by atoms with Gasteiger partial charge in [-0.25, -0.2) is 0 Å². The van der Waals surface area contributed by atoms with E-state index in [0.29, 0.717) is 0 Å². The Morgan fingerprint density at radius 1 is 1.18 bits per heavy atom. The Morgan fingerprint density at radius 2 is 1.82 bits per heavy atom. The molecule has 0 aromatic heterocycles. The first kappa shape index (κ1) is 13.0. The molecule has 1 aromatic rings. The lowest BCUT2D eigenvalue weighted by Gasteiger charge is -2.21. The van der Waals surface area contributed by atoms with Crippen LogP contribution in [0.15, 0.2) is 29.2 Å². The third-order valence-electron chi connectivity index (χ3n) is 3.60. The maximum Gasteiger partial charge on any atom is 0.0292 e. The van der Waals surface area contributed by atoms with E-state index in [-0.39, 0.29) is 6.04 Å². The molecule has 1 aliphatic rings. The molecule has 2 heteroatoms. The van der Waals surface area contributed by atoms with Crippen molar-refractivity contribution >= 4 is 11.8 Å². The predicted molar refractivity (Wildman–Crippen MR) is 76.4 cm³/mol. The second-order valence-electron chi connectivity index (χ2n) is 4.96. The summed E-state index contributed by atoms with van der Waals surface area (Å²) in [6.45, 7) is 2.13. The molecule has 1 atom stereocenters. The lowest BCUT2D eigenvalue weighted by atomic mass is 10.0. The van der Waals surface area contributed by atoms with Gasteiger partial charge in [0.2, 0.25) is 0 Å². The molecule has 0 bridgehead atoms. The van der Waals surface area contributed by atoms with Gasteiger partial charge in [-0.05, 0) is 37.0 Å². The number of nitrogens with two attached hydrogens (primary N) is 1. The number of thioether (sulfide) groups is 1. The minimum atomic E-state index is 0.198. The summed E-state index contributed by atoms with van der Waals surface area (Å²) in [6, 6.07) is 9.07. The number of hydrogen-bond donors (Lipinski definition) is 1. The summed E-state index contributed by atoms with van der Waals surface area (Å²) in [5.41, 5.74) is 7.29. The number of benzene rings is 1. The van der Waals surface area contributed by atoms with Crippen LogP contribution in [0.4, 0.5) is 0 Å². The van der Waals surface area contributed by atoms with Crippen molar-refractivity contribution in [3.8, 4) is 0 Å². The number of hydrogen-bond acceptors (Lipinski definition) is 2. The minimum Gasteiger partial charge on any atom is -0.324 e. The molecular formula is C15H23NS. The minimum absolute atomic E-state index is 0.198. The van der Waals surface area contributed by atoms with Gasteiger partial charge in [-0.1, -0.05) is 38.3 Å². The van der Waals surface area contributed by atoms with E-state index in [1.165, 1.54) is 42.6 Å². The molecule has 0 spiro atoms. The molecule has 1 aromatic carbocycles. The van der Waals surface area contributed by atoms with Crippen molar-refractivity contribution in [2.75, 3.05) is 0 Å². The van der Waals surface area contributed by atoms with Gasteiger partial charge in [0.05, 0.1) is 0 Å². The van der Waals surface area contributed by atoms with E-state index < -0.39 is 0 Å². The van der Waals surface area contributed by atoms with Crippen LogP contribution < -0.4 is 5.73 Å². The van der Waals surface area contributed by atoms with E-state index in [9.17, 15) is 0 Å². The summed E-state index contributed by atoms with van der Waals surface area (Å²) in [4.78, 5) is 1.41. The van der Waals surface area contributed by atoms with Gasteiger partial charge in [0.1, 0.15) is 0 Å². The zero-order chi connectivity index (χ0) is 12.1. The normalized spacial score (nSPS) is 19.2. The predicted octanol–water partition coefficient (Wildman–Crippen LogP) is 4.52. The third-order valence-corrected chi connectivity index (χ3v) is 4.95. The van der Waals surface area contributed by atoms with Crippen LogP contribution in [0.3, 0.4) is 0 Å². The molecule has 2 N–H and O–H groups in total. The molecule has 0 saturated heterocycles. The highest BCUT2D eigenvalue weighted by atomic mass is 32.2. The van der Waals surface area contributed by atoms with Gasteiger partial charge in [0.25, 0.3) is 0 Å². The fourth-order valence-electron chi connectivity index (χ4n) is 2.40. The highest BCUT2D eigenvalue weighted by molar-refractivity contribution is 8.00. The van der Waals surface area contributed by atoms with Crippen LogP contribution in [0.1, 0.15) is 57.1 Å². The zero-order valence-corrected chi connectivity index (χ0v) is 11.5. The Balaban J connectivity index is 1.93. The van der Waals surface area contributed by atoms with Crippen LogP contribution in [0.5, 0.6) is 0 Å². The van der Waals surface area contributed by atoms with Crippen molar-refractivity contribution in [3.05, 3.63) is 29.8 Å². The van der Waals surface area contributed by atoms with E-state index in [1.807, 2.05) is 0 Å². The lowest BCUT2D eigenvalue weighted by Crippen LogP contribution is -2.09. The Kier molecular flexibility index (Phi) is 4.93. The molecule has 0 radical (unpaired) electrons. The second-order valence-corrected chi connectivity index (χ2v) is 6.34. The van der Waals surface area contributed by atoms with Gasteiger partial charge in [0, 0.05) is 16.2 Å². The van der Waals surface area contributed by atoms with Crippen molar-refractivity contribution in [2.24, 2.45) is 5.73 Å². The first-order chi connectivity index (χ1) is 8.29. The van der Waals surface area contributed by atoms with Crippen LogP contribution in [0.25, 0.3) is 0 Å². The largest absolute Gasteiger partial charge is 0.324 e. The van der Waals surface area contributed by atoms with Crippen molar-refractivity contribution in [3.63, 3.8) is 0 Å². The summed E-state index contributed by atoms with van der Waals surface area (Å²) in [6.07, 6.45) is 8.05. The molecular weight excluding hydrogens is 226 g/mol. The van der Waals surface area contributed by atoms with E-state index in [4.69, 9.17) is 5.73 Å². The van der Waals surface area contributed by atoms with E-state index in [2.05, 4.69) is 43.0 Å². The van der Waals surface area contributed by atoms with Crippen molar-refractivity contribution < 1.29 is 0 Å². The fourth-order valence-corrected chi connectivity index (χ4v) is 3.65. The zero-order valence-electron chi connectivity index (χ0n) is 10.7. The highest BCUT2D eigenvalue weighted by Crippen LogP contribution is 2.33. The topological polar surface area (TPSA) is 26.0 Å². The Labute approximate surface area is 109 Å². The van der Waals surface area contributed by atoms with E-state index in [0.717, 1.165) is 11.7 Å². The molecule has 0 heterocycles. The summed E-state index contributed by atoms with van der Waals surface area (Å²) in [5, 5.41) is 0.842. The summed E-state index contributed by atoms with van der Waals surface area (Å²) < 4.78 is 0. The van der Waals surface area contributed by atoms with Crippen LogP contribution in [0.2, 0.25) is 0 Å². The van der Waals surface area contributed by atoms with Crippen LogP contribution in [0, 0.1) is 0 Å². The molecule has 0 aliphatic heterocycles. The molecule has 94 valence electrons. The Morgan fingerprint density at radius 3 is 2.41 bits per heavy atom. The Hall–Kier alpha value is -0.470. The van der Waals surface area contributed by atoms with Gasteiger partial charge >= 0.3 is 0 Å². The quantitative estimate of drug-likeness (QED) is 0.849. The summed E-state index contributed by atoms with van der Waals surface area (Å²) in [7, 11) is 0. The lowest BCUT2D eigenvalue weighted by molar-refractivity contribution is 0.516. The molecule has 0 unspecified atom stereocenters. The van der Waals surface area contributed by atoms with Gasteiger partial charge in [-0.3, -0.25) is 0 Å². The molecule has 17 heavy (non-hydrogen) atoms. The van der Waals surface area contributed by atoms with Crippen molar-refractivity contribution in [2.45, 2.75) is 61.6 Å². The average molecular weight is 249 g/mol. The highest BCUT2D eigenvalue weighted by Gasteiger charge is 2.14. The van der Waals surface area contributed by atoms with Gasteiger partial charge in [0.15, 0.2) is 0 Å². The summed E-state index contributed by atoms with van der Waals surface area (Å²) >= 11 is 2.05. The summed E-state index contributed by atoms with van der Waals surface area (Å²) in [5.74, 6) is 0. The maximum absolute atomic E-state index is 6.02. The maximum atomic E-state index is 6.02. The molecule has 1 nitrogen and oxygen atoms in total. The van der Waals surface area contributed by atoms with E-state index in [1.54, 1.807) is 0 Å². The smallest absolute Gasteiger partial charge is 0.0292 e.